The van der Waals surface area contributed by atoms with Gasteiger partial charge in [-0.25, -0.2) is 0 Å². The molecule has 3 heteroatoms. The zero-order valence-electron chi connectivity index (χ0n) is 8.12. The number of rotatable bonds is 3. The molecule has 1 rings (SSSR count). The standard InChI is InChI=1S/C9H20N2O/c1-3-9-7-12-8(2)6-11(9)5-4-10/h8-9H,3-7,10H2,1-2H3/t8-,9+/m0/s1. The summed E-state index contributed by atoms with van der Waals surface area (Å²) in [7, 11) is 0. The van der Waals surface area contributed by atoms with Crippen LogP contribution in [0.3, 0.4) is 0 Å². The second-order valence-electron chi connectivity index (χ2n) is 3.49. The first-order valence-electron chi connectivity index (χ1n) is 4.83. The zero-order valence-corrected chi connectivity index (χ0v) is 8.12. The Morgan fingerprint density at radius 2 is 2.33 bits per heavy atom. The Kier molecular flexibility index (Phi) is 3.98. The van der Waals surface area contributed by atoms with E-state index in [9.17, 15) is 0 Å². The Morgan fingerprint density at radius 3 is 2.92 bits per heavy atom. The normalized spacial score (nSPS) is 32.2. The first-order valence-corrected chi connectivity index (χ1v) is 4.83. The maximum Gasteiger partial charge on any atom is 0.0674 e. The van der Waals surface area contributed by atoms with Gasteiger partial charge in [0, 0.05) is 25.7 Å². The molecule has 0 aliphatic carbocycles. The summed E-state index contributed by atoms with van der Waals surface area (Å²) in [6.07, 6.45) is 1.53. The van der Waals surface area contributed by atoms with Crippen molar-refractivity contribution in [1.29, 1.82) is 0 Å². The summed E-state index contributed by atoms with van der Waals surface area (Å²) < 4.78 is 5.58. The van der Waals surface area contributed by atoms with Crippen molar-refractivity contribution in [2.24, 2.45) is 5.73 Å². The van der Waals surface area contributed by atoms with Crippen LogP contribution in [0.15, 0.2) is 0 Å². The van der Waals surface area contributed by atoms with Gasteiger partial charge in [-0.05, 0) is 13.3 Å². The number of nitrogens with two attached hydrogens (primary N) is 1. The topological polar surface area (TPSA) is 38.5 Å². The van der Waals surface area contributed by atoms with Gasteiger partial charge < -0.3 is 10.5 Å². The maximum atomic E-state index is 5.58. The molecule has 12 heavy (non-hydrogen) atoms. The highest BCUT2D eigenvalue weighted by molar-refractivity contribution is 4.77. The minimum absolute atomic E-state index is 0.374. The van der Waals surface area contributed by atoms with Crippen molar-refractivity contribution in [3.05, 3.63) is 0 Å². The van der Waals surface area contributed by atoms with Crippen LogP contribution >= 0.6 is 0 Å². The van der Waals surface area contributed by atoms with Crippen LogP contribution in [0, 0.1) is 0 Å². The van der Waals surface area contributed by atoms with E-state index in [0.29, 0.717) is 12.1 Å². The molecule has 1 aliphatic rings. The highest BCUT2D eigenvalue weighted by atomic mass is 16.5. The predicted octanol–water partition coefficient (Wildman–Crippen LogP) is 0.444. The Morgan fingerprint density at radius 1 is 1.58 bits per heavy atom. The van der Waals surface area contributed by atoms with E-state index in [1.54, 1.807) is 0 Å². The van der Waals surface area contributed by atoms with Crippen molar-refractivity contribution < 1.29 is 4.74 Å². The van der Waals surface area contributed by atoms with Gasteiger partial charge >= 0.3 is 0 Å². The highest BCUT2D eigenvalue weighted by Gasteiger charge is 2.24. The van der Waals surface area contributed by atoms with Gasteiger partial charge in [0.25, 0.3) is 0 Å². The van der Waals surface area contributed by atoms with E-state index in [-0.39, 0.29) is 0 Å². The van der Waals surface area contributed by atoms with Crippen LogP contribution in [0.4, 0.5) is 0 Å². The van der Waals surface area contributed by atoms with E-state index in [1.165, 1.54) is 0 Å². The second-order valence-corrected chi connectivity index (χ2v) is 3.49. The lowest BCUT2D eigenvalue weighted by atomic mass is 10.1. The average molecular weight is 172 g/mol. The van der Waals surface area contributed by atoms with Crippen LogP contribution in [0.25, 0.3) is 0 Å². The highest BCUT2D eigenvalue weighted by Crippen LogP contribution is 2.13. The quantitative estimate of drug-likeness (QED) is 0.671. The molecule has 0 unspecified atom stereocenters. The third-order valence-electron chi connectivity index (χ3n) is 2.47. The lowest BCUT2D eigenvalue weighted by Crippen LogP contribution is -2.50. The third kappa shape index (κ3) is 2.44. The molecule has 0 saturated carbocycles. The van der Waals surface area contributed by atoms with Crippen molar-refractivity contribution in [2.45, 2.75) is 32.4 Å². The average Bonchev–Trinajstić information content (AvgIpc) is 2.05. The van der Waals surface area contributed by atoms with E-state index >= 15 is 0 Å². The van der Waals surface area contributed by atoms with E-state index in [2.05, 4.69) is 18.7 Å². The smallest absolute Gasteiger partial charge is 0.0674 e. The first kappa shape index (κ1) is 9.96. The zero-order chi connectivity index (χ0) is 8.97. The number of hydrogen-bond donors (Lipinski definition) is 1. The van der Waals surface area contributed by atoms with Crippen molar-refractivity contribution in [3.8, 4) is 0 Å². The molecule has 1 aliphatic heterocycles. The molecular weight excluding hydrogens is 152 g/mol. The van der Waals surface area contributed by atoms with Gasteiger partial charge in [-0.2, -0.15) is 0 Å². The molecule has 0 radical (unpaired) electrons. The molecule has 1 saturated heterocycles. The van der Waals surface area contributed by atoms with Crippen LogP contribution in [0.1, 0.15) is 20.3 Å². The lowest BCUT2D eigenvalue weighted by molar-refractivity contribution is -0.0544. The number of morpholine rings is 1. The predicted molar refractivity (Wildman–Crippen MR) is 50.1 cm³/mol. The molecule has 1 fully saturated rings. The number of ether oxygens (including phenoxy) is 1. The minimum atomic E-state index is 0.374. The molecule has 0 aromatic rings. The first-order chi connectivity index (χ1) is 5.77. The lowest BCUT2D eigenvalue weighted by Gasteiger charge is -2.37. The Balaban J connectivity index is 2.40. The fourth-order valence-corrected chi connectivity index (χ4v) is 1.73. The van der Waals surface area contributed by atoms with Crippen LogP contribution in [0.5, 0.6) is 0 Å². The maximum absolute atomic E-state index is 5.58. The van der Waals surface area contributed by atoms with Gasteiger partial charge in [-0.3, -0.25) is 4.90 Å². The fourth-order valence-electron chi connectivity index (χ4n) is 1.73. The van der Waals surface area contributed by atoms with E-state index in [4.69, 9.17) is 10.5 Å². The van der Waals surface area contributed by atoms with E-state index in [0.717, 1.165) is 32.7 Å². The third-order valence-corrected chi connectivity index (χ3v) is 2.47. The van der Waals surface area contributed by atoms with Crippen LogP contribution in [-0.2, 0) is 4.74 Å². The Hall–Kier alpha value is -0.120. The summed E-state index contributed by atoms with van der Waals surface area (Å²) >= 11 is 0. The molecule has 0 amide bonds. The molecule has 2 atom stereocenters. The monoisotopic (exact) mass is 172 g/mol. The second kappa shape index (κ2) is 4.80. The molecule has 0 bridgehead atoms. The van der Waals surface area contributed by atoms with Crippen molar-refractivity contribution >= 4 is 0 Å². The molecular formula is C9H20N2O. The molecule has 2 N–H and O–H groups in total. The summed E-state index contributed by atoms with van der Waals surface area (Å²) in [5.41, 5.74) is 5.54. The minimum Gasteiger partial charge on any atom is -0.376 e. The van der Waals surface area contributed by atoms with E-state index in [1.807, 2.05) is 0 Å². The summed E-state index contributed by atoms with van der Waals surface area (Å²) in [6, 6.07) is 0.588. The molecule has 1 heterocycles. The molecule has 0 spiro atoms. The number of nitrogens with zero attached hydrogens (tertiary/aromatic N) is 1. The van der Waals surface area contributed by atoms with E-state index < -0.39 is 0 Å². The van der Waals surface area contributed by atoms with Crippen molar-refractivity contribution in [1.82, 2.24) is 4.90 Å². The Bertz CT molecular complexity index is 130. The van der Waals surface area contributed by atoms with Gasteiger partial charge in [0.2, 0.25) is 0 Å². The summed E-state index contributed by atoms with van der Waals surface area (Å²) in [4.78, 5) is 2.44. The fraction of sp³-hybridized carbons (Fsp3) is 1.00. The Labute approximate surface area is 74.9 Å². The van der Waals surface area contributed by atoms with Gasteiger partial charge in [-0.15, -0.1) is 0 Å². The van der Waals surface area contributed by atoms with Crippen LogP contribution in [0.2, 0.25) is 0 Å². The summed E-state index contributed by atoms with van der Waals surface area (Å²) in [5.74, 6) is 0. The SMILES string of the molecule is CC[C@@H]1CO[C@@H](C)CN1CCN. The van der Waals surface area contributed by atoms with Crippen molar-refractivity contribution in [2.75, 3.05) is 26.2 Å². The molecule has 0 aromatic heterocycles. The van der Waals surface area contributed by atoms with Gasteiger partial charge in [-0.1, -0.05) is 6.92 Å². The molecule has 0 aromatic carbocycles. The van der Waals surface area contributed by atoms with Gasteiger partial charge in [0.15, 0.2) is 0 Å². The number of hydrogen-bond acceptors (Lipinski definition) is 3. The summed E-state index contributed by atoms with van der Waals surface area (Å²) in [6.45, 7) is 7.99. The van der Waals surface area contributed by atoms with Crippen LogP contribution in [-0.4, -0.2) is 43.3 Å². The molecule has 72 valence electrons. The van der Waals surface area contributed by atoms with Crippen molar-refractivity contribution in [3.63, 3.8) is 0 Å². The van der Waals surface area contributed by atoms with Gasteiger partial charge in [0.05, 0.1) is 12.7 Å². The summed E-state index contributed by atoms with van der Waals surface area (Å²) in [5, 5.41) is 0. The van der Waals surface area contributed by atoms with Crippen LogP contribution < -0.4 is 5.73 Å². The van der Waals surface area contributed by atoms with Gasteiger partial charge in [0.1, 0.15) is 0 Å². The largest absolute Gasteiger partial charge is 0.376 e. The molecule has 3 nitrogen and oxygen atoms in total.